The van der Waals surface area contributed by atoms with Crippen molar-refractivity contribution >= 4 is 15.7 Å². The first kappa shape index (κ1) is 15.7. The zero-order chi connectivity index (χ0) is 17.4. The van der Waals surface area contributed by atoms with E-state index in [1.165, 1.54) is 24.3 Å². The number of fused-ring (bicyclic) bond motifs is 3. The summed E-state index contributed by atoms with van der Waals surface area (Å²) in [6, 6.07) is 20.5. The minimum atomic E-state index is -3.72. The number of para-hydroxylation sites is 1. The van der Waals surface area contributed by atoms with E-state index in [4.69, 9.17) is 4.74 Å². The zero-order valence-electron chi connectivity index (χ0n) is 13.7. The second kappa shape index (κ2) is 5.93. The Labute approximate surface area is 147 Å². The van der Waals surface area contributed by atoms with Gasteiger partial charge in [0.1, 0.15) is 10.6 Å². The second-order valence-corrected chi connectivity index (χ2v) is 7.61. The molecule has 0 saturated heterocycles. The molecule has 25 heavy (non-hydrogen) atoms. The maximum atomic E-state index is 12.7. The molecule has 0 spiro atoms. The van der Waals surface area contributed by atoms with E-state index in [9.17, 15) is 8.42 Å². The fraction of sp³-hybridized carbons (Fsp3) is 0.100. The number of nitrogens with one attached hydrogen (secondary N) is 1. The number of hydrogen-bond acceptors (Lipinski definition) is 3. The Morgan fingerprint density at radius 2 is 1.60 bits per heavy atom. The van der Waals surface area contributed by atoms with Gasteiger partial charge in [0.2, 0.25) is 0 Å². The maximum Gasteiger partial charge on any atom is 0.265 e. The van der Waals surface area contributed by atoms with Crippen molar-refractivity contribution in [2.45, 2.75) is 11.3 Å². The highest BCUT2D eigenvalue weighted by Crippen LogP contribution is 2.38. The predicted molar refractivity (Wildman–Crippen MR) is 98.5 cm³/mol. The van der Waals surface area contributed by atoms with Crippen LogP contribution in [0.2, 0.25) is 0 Å². The molecule has 1 N–H and O–H groups in total. The first-order valence-corrected chi connectivity index (χ1v) is 9.44. The van der Waals surface area contributed by atoms with Gasteiger partial charge >= 0.3 is 0 Å². The largest absolute Gasteiger partial charge is 0.495 e. The van der Waals surface area contributed by atoms with Crippen molar-refractivity contribution in [2.24, 2.45) is 0 Å². The van der Waals surface area contributed by atoms with Gasteiger partial charge in [0, 0.05) is 5.69 Å². The zero-order valence-corrected chi connectivity index (χ0v) is 14.5. The van der Waals surface area contributed by atoms with Crippen molar-refractivity contribution in [2.75, 3.05) is 11.8 Å². The van der Waals surface area contributed by atoms with E-state index in [0.29, 0.717) is 11.4 Å². The average molecular weight is 351 g/mol. The molecule has 0 amide bonds. The summed E-state index contributed by atoms with van der Waals surface area (Å²) in [5.74, 6) is 0.323. The highest BCUT2D eigenvalue weighted by molar-refractivity contribution is 7.92. The summed E-state index contributed by atoms with van der Waals surface area (Å²) in [5.41, 5.74) is 5.33. The molecule has 0 atom stereocenters. The molecule has 0 saturated carbocycles. The van der Waals surface area contributed by atoms with Gasteiger partial charge in [-0.1, -0.05) is 42.5 Å². The molecule has 0 unspecified atom stereocenters. The van der Waals surface area contributed by atoms with Gasteiger partial charge in [-0.2, -0.15) is 0 Å². The summed E-state index contributed by atoms with van der Waals surface area (Å²) in [4.78, 5) is 0.126. The molecule has 3 aromatic rings. The van der Waals surface area contributed by atoms with Crippen LogP contribution in [0.4, 0.5) is 5.69 Å². The van der Waals surface area contributed by atoms with Crippen LogP contribution in [0.1, 0.15) is 11.1 Å². The number of hydrogen-bond donors (Lipinski definition) is 1. The van der Waals surface area contributed by atoms with Crippen molar-refractivity contribution in [3.63, 3.8) is 0 Å². The van der Waals surface area contributed by atoms with Gasteiger partial charge in [0.15, 0.2) is 0 Å². The van der Waals surface area contributed by atoms with Crippen LogP contribution in [0, 0.1) is 0 Å². The molecule has 0 radical (unpaired) electrons. The summed E-state index contributed by atoms with van der Waals surface area (Å²) < 4.78 is 33.2. The van der Waals surface area contributed by atoms with Crippen LogP contribution in [0.15, 0.2) is 71.6 Å². The molecule has 1 aliphatic carbocycles. The van der Waals surface area contributed by atoms with Crippen LogP contribution >= 0.6 is 0 Å². The topological polar surface area (TPSA) is 55.4 Å². The quantitative estimate of drug-likeness (QED) is 0.603. The SMILES string of the molecule is COc1ccccc1S(=O)(=O)Nc1ccc2c(c1)Cc1ccccc1-2. The van der Waals surface area contributed by atoms with Gasteiger partial charge in [0.25, 0.3) is 10.0 Å². The van der Waals surface area contributed by atoms with Crippen LogP contribution in [0.3, 0.4) is 0 Å². The molecule has 5 heteroatoms. The highest BCUT2D eigenvalue weighted by Gasteiger charge is 2.21. The van der Waals surface area contributed by atoms with Crippen molar-refractivity contribution < 1.29 is 13.2 Å². The third kappa shape index (κ3) is 2.76. The molecular weight excluding hydrogens is 334 g/mol. The Hall–Kier alpha value is -2.79. The summed E-state index contributed by atoms with van der Waals surface area (Å²) in [6.45, 7) is 0. The van der Waals surface area contributed by atoms with Gasteiger partial charge in [0.05, 0.1) is 7.11 Å². The Bertz CT molecular complexity index is 1060. The molecule has 0 fully saturated rings. The molecule has 126 valence electrons. The van der Waals surface area contributed by atoms with Gasteiger partial charge in [-0.05, 0) is 52.9 Å². The molecular formula is C20H17NO3S. The Balaban J connectivity index is 1.67. The molecule has 0 heterocycles. The lowest BCUT2D eigenvalue weighted by Gasteiger charge is -2.12. The molecule has 4 nitrogen and oxygen atoms in total. The van der Waals surface area contributed by atoms with Crippen LogP contribution in [-0.4, -0.2) is 15.5 Å². The van der Waals surface area contributed by atoms with E-state index in [2.05, 4.69) is 16.9 Å². The standard InChI is InChI=1S/C20H17NO3S/c1-24-19-8-4-5-9-20(19)25(22,23)21-16-10-11-18-15(13-16)12-14-6-2-3-7-17(14)18/h2-11,13,21H,12H2,1H3. The van der Waals surface area contributed by atoms with Crippen molar-refractivity contribution in [3.8, 4) is 16.9 Å². The minimum Gasteiger partial charge on any atom is -0.495 e. The maximum absolute atomic E-state index is 12.7. The third-order valence-corrected chi connectivity index (χ3v) is 5.83. The number of benzene rings is 3. The minimum absolute atomic E-state index is 0.126. The van der Waals surface area contributed by atoms with Gasteiger partial charge in [-0.25, -0.2) is 8.42 Å². The molecule has 0 aliphatic heterocycles. The Kier molecular flexibility index (Phi) is 3.73. The number of anilines is 1. The first-order chi connectivity index (χ1) is 12.1. The van der Waals surface area contributed by atoms with Crippen LogP contribution in [0.25, 0.3) is 11.1 Å². The van der Waals surface area contributed by atoms with Crippen molar-refractivity contribution in [1.82, 2.24) is 0 Å². The summed E-state index contributed by atoms with van der Waals surface area (Å²) in [7, 11) is -2.26. The van der Waals surface area contributed by atoms with E-state index < -0.39 is 10.0 Å². The van der Waals surface area contributed by atoms with E-state index in [0.717, 1.165) is 17.5 Å². The normalized spacial score (nSPS) is 12.4. The number of sulfonamides is 1. The predicted octanol–water partition coefficient (Wildman–Crippen LogP) is 4.07. The van der Waals surface area contributed by atoms with Gasteiger partial charge in [-0.3, -0.25) is 4.72 Å². The molecule has 4 rings (SSSR count). The lowest BCUT2D eigenvalue weighted by Crippen LogP contribution is -2.14. The lowest BCUT2D eigenvalue weighted by atomic mass is 10.1. The van der Waals surface area contributed by atoms with Crippen LogP contribution in [-0.2, 0) is 16.4 Å². The van der Waals surface area contributed by atoms with Crippen molar-refractivity contribution in [1.29, 1.82) is 0 Å². The van der Waals surface area contributed by atoms with Crippen molar-refractivity contribution in [3.05, 3.63) is 77.9 Å². The highest BCUT2D eigenvalue weighted by atomic mass is 32.2. The van der Waals surface area contributed by atoms with E-state index >= 15 is 0 Å². The summed E-state index contributed by atoms with van der Waals surface area (Å²) in [5, 5.41) is 0. The monoisotopic (exact) mass is 351 g/mol. The van der Waals surface area contributed by atoms with E-state index in [1.807, 2.05) is 24.3 Å². The van der Waals surface area contributed by atoms with E-state index in [-0.39, 0.29) is 4.90 Å². The van der Waals surface area contributed by atoms with Crippen LogP contribution in [0.5, 0.6) is 5.75 Å². The first-order valence-electron chi connectivity index (χ1n) is 7.95. The smallest absolute Gasteiger partial charge is 0.265 e. The molecule has 0 aromatic heterocycles. The molecule has 3 aromatic carbocycles. The second-order valence-electron chi connectivity index (χ2n) is 5.96. The average Bonchev–Trinajstić information content (AvgIpc) is 2.99. The third-order valence-electron chi connectivity index (χ3n) is 4.40. The molecule has 1 aliphatic rings. The fourth-order valence-corrected chi connectivity index (χ4v) is 4.48. The Morgan fingerprint density at radius 1 is 0.880 bits per heavy atom. The number of methoxy groups -OCH3 is 1. The van der Waals surface area contributed by atoms with Gasteiger partial charge in [-0.15, -0.1) is 0 Å². The lowest BCUT2D eigenvalue weighted by molar-refractivity contribution is 0.403. The van der Waals surface area contributed by atoms with Gasteiger partial charge < -0.3 is 4.74 Å². The number of ether oxygens (including phenoxy) is 1. The Morgan fingerprint density at radius 3 is 2.44 bits per heavy atom. The fourth-order valence-electron chi connectivity index (χ4n) is 3.26. The molecule has 0 bridgehead atoms. The summed E-state index contributed by atoms with van der Waals surface area (Å²) in [6.07, 6.45) is 0.815. The van der Waals surface area contributed by atoms with E-state index in [1.54, 1.807) is 24.3 Å². The van der Waals surface area contributed by atoms with Crippen LogP contribution < -0.4 is 9.46 Å². The summed E-state index contributed by atoms with van der Waals surface area (Å²) >= 11 is 0. The number of rotatable bonds is 4.